The van der Waals surface area contributed by atoms with Crippen molar-refractivity contribution in [2.45, 2.75) is 25.9 Å². The number of alkyl halides is 3. The highest BCUT2D eigenvalue weighted by Crippen LogP contribution is 2.32. The smallest absolute Gasteiger partial charge is 0.341 e. The number of carbonyl (C=O) groups is 1. The summed E-state index contributed by atoms with van der Waals surface area (Å²) in [5.41, 5.74) is -1.13. The lowest BCUT2D eigenvalue weighted by molar-refractivity contribution is -0.137. The van der Waals surface area contributed by atoms with Gasteiger partial charge in [0.05, 0.1) is 17.5 Å². The maximum atomic E-state index is 12.9. The van der Waals surface area contributed by atoms with Gasteiger partial charge in [0.15, 0.2) is 0 Å². The highest BCUT2D eigenvalue weighted by atomic mass is 32.2. The van der Waals surface area contributed by atoms with Crippen LogP contribution in [0.25, 0.3) is 0 Å². The molecule has 1 heterocycles. The van der Waals surface area contributed by atoms with Crippen LogP contribution >= 0.6 is 0 Å². The second-order valence-electron chi connectivity index (χ2n) is 6.40. The van der Waals surface area contributed by atoms with Crippen LogP contribution in [0.1, 0.15) is 25.3 Å². The van der Waals surface area contributed by atoms with Crippen LogP contribution in [0.5, 0.6) is 0 Å². The van der Waals surface area contributed by atoms with Crippen LogP contribution in [-0.2, 0) is 21.0 Å². The molecule has 0 aliphatic carbocycles. The minimum Gasteiger partial charge on any atom is -0.341 e. The van der Waals surface area contributed by atoms with Gasteiger partial charge in [-0.05, 0) is 37.0 Å². The second kappa shape index (κ2) is 7.23. The Balaban J connectivity index is 2.27. The monoisotopic (exact) mass is 378 g/mol. The standard InChI is InChI=1S/C16H21F3N2O3S/c1-12-5-4-8-20(10-12)15(22)11-21(25(2,23)24)14-7-3-6-13(9-14)16(17,18)19/h3,6-7,9,12H,4-5,8,10-11H2,1-2H3/t12-/m1/s1. The summed E-state index contributed by atoms with van der Waals surface area (Å²) in [5, 5.41) is 0. The molecular formula is C16H21F3N2O3S. The lowest BCUT2D eigenvalue weighted by atomic mass is 10.0. The Morgan fingerprint density at radius 1 is 1.36 bits per heavy atom. The van der Waals surface area contributed by atoms with Crippen molar-refractivity contribution < 1.29 is 26.4 Å². The summed E-state index contributed by atoms with van der Waals surface area (Å²) in [6, 6.07) is 3.98. The summed E-state index contributed by atoms with van der Waals surface area (Å²) < 4.78 is 63.5. The van der Waals surface area contributed by atoms with Crippen molar-refractivity contribution in [1.82, 2.24) is 4.90 Å². The molecule has 2 rings (SSSR count). The zero-order valence-corrected chi connectivity index (χ0v) is 14.9. The van der Waals surface area contributed by atoms with Gasteiger partial charge in [0, 0.05) is 13.1 Å². The van der Waals surface area contributed by atoms with Gasteiger partial charge < -0.3 is 4.90 Å². The molecular weight excluding hydrogens is 357 g/mol. The molecule has 1 amide bonds. The Morgan fingerprint density at radius 2 is 2.04 bits per heavy atom. The molecule has 0 spiro atoms. The van der Waals surface area contributed by atoms with Crippen LogP contribution in [0.4, 0.5) is 18.9 Å². The lowest BCUT2D eigenvalue weighted by Gasteiger charge is -2.33. The number of piperidine rings is 1. The SMILES string of the molecule is C[C@@H]1CCCN(C(=O)CN(c2cccc(C(F)(F)F)c2)S(C)(=O)=O)C1. The molecule has 25 heavy (non-hydrogen) atoms. The van der Waals surface area contributed by atoms with Crippen molar-refractivity contribution >= 4 is 21.6 Å². The van der Waals surface area contributed by atoms with Gasteiger partial charge in [0.1, 0.15) is 6.54 Å². The Bertz CT molecular complexity index is 734. The van der Waals surface area contributed by atoms with Gasteiger partial charge in [-0.15, -0.1) is 0 Å². The van der Waals surface area contributed by atoms with Crippen LogP contribution in [0.15, 0.2) is 24.3 Å². The average Bonchev–Trinajstić information content (AvgIpc) is 2.50. The zero-order valence-electron chi connectivity index (χ0n) is 14.1. The minimum atomic E-state index is -4.59. The number of nitrogens with zero attached hydrogens (tertiary/aromatic N) is 2. The van der Waals surface area contributed by atoms with Gasteiger partial charge >= 0.3 is 6.18 Å². The Labute approximate surface area is 145 Å². The molecule has 1 saturated heterocycles. The van der Waals surface area contributed by atoms with E-state index in [9.17, 15) is 26.4 Å². The topological polar surface area (TPSA) is 57.7 Å². The van der Waals surface area contributed by atoms with Crippen molar-refractivity contribution in [2.75, 3.05) is 30.2 Å². The predicted octanol–water partition coefficient (Wildman–Crippen LogP) is 2.73. The van der Waals surface area contributed by atoms with Gasteiger partial charge in [-0.1, -0.05) is 13.0 Å². The lowest BCUT2D eigenvalue weighted by Crippen LogP contribution is -2.46. The molecule has 140 valence electrons. The number of halogens is 3. The van der Waals surface area contributed by atoms with Crippen LogP contribution in [-0.4, -0.2) is 45.1 Å². The summed E-state index contributed by atoms with van der Waals surface area (Å²) in [5.74, 6) is -0.0904. The number of hydrogen-bond acceptors (Lipinski definition) is 3. The first kappa shape index (κ1) is 19.6. The van der Waals surface area contributed by atoms with Crippen molar-refractivity contribution in [2.24, 2.45) is 5.92 Å². The number of carbonyl (C=O) groups excluding carboxylic acids is 1. The number of hydrogen-bond donors (Lipinski definition) is 0. The van der Waals surface area contributed by atoms with E-state index >= 15 is 0 Å². The van der Waals surface area contributed by atoms with Crippen LogP contribution in [0.2, 0.25) is 0 Å². The minimum absolute atomic E-state index is 0.171. The molecule has 5 nitrogen and oxygen atoms in total. The van der Waals surface area contributed by atoms with E-state index in [-0.39, 0.29) is 5.69 Å². The molecule has 1 aromatic carbocycles. The van der Waals surface area contributed by atoms with E-state index in [1.54, 1.807) is 4.90 Å². The van der Waals surface area contributed by atoms with Gasteiger partial charge in [0.25, 0.3) is 0 Å². The molecule has 1 fully saturated rings. The molecule has 0 bridgehead atoms. The molecule has 0 saturated carbocycles. The molecule has 0 aromatic heterocycles. The van der Waals surface area contributed by atoms with Crippen LogP contribution in [0.3, 0.4) is 0 Å². The molecule has 1 aromatic rings. The normalized spacial score (nSPS) is 18.9. The number of benzene rings is 1. The van der Waals surface area contributed by atoms with E-state index in [1.165, 1.54) is 6.07 Å². The highest BCUT2D eigenvalue weighted by molar-refractivity contribution is 7.92. The Kier molecular flexibility index (Phi) is 5.65. The Morgan fingerprint density at radius 3 is 2.60 bits per heavy atom. The fourth-order valence-electron chi connectivity index (χ4n) is 2.88. The fraction of sp³-hybridized carbons (Fsp3) is 0.562. The van der Waals surface area contributed by atoms with Crippen molar-refractivity contribution in [1.29, 1.82) is 0 Å². The number of sulfonamides is 1. The first-order chi connectivity index (χ1) is 11.5. The predicted molar refractivity (Wildman–Crippen MR) is 88.6 cm³/mol. The number of rotatable bonds is 4. The van der Waals surface area contributed by atoms with Gasteiger partial charge in [-0.25, -0.2) is 8.42 Å². The largest absolute Gasteiger partial charge is 0.416 e. The quantitative estimate of drug-likeness (QED) is 0.810. The molecule has 9 heteroatoms. The number of anilines is 1. The van der Waals surface area contributed by atoms with E-state index in [0.717, 1.165) is 41.6 Å². The van der Waals surface area contributed by atoms with Gasteiger partial charge in [0.2, 0.25) is 15.9 Å². The van der Waals surface area contributed by atoms with Crippen LogP contribution in [0, 0.1) is 5.92 Å². The first-order valence-corrected chi connectivity index (χ1v) is 9.76. The highest BCUT2D eigenvalue weighted by Gasteiger charge is 2.32. The van der Waals surface area contributed by atoms with E-state index in [0.29, 0.717) is 19.0 Å². The van der Waals surface area contributed by atoms with Crippen molar-refractivity contribution in [3.05, 3.63) is 29.8 Å². The molecule has 1 atom stereocenters. The zero-order chi connectivity index (χ0) is 18.8. The molecule has 0 unspecified atom stereocenters. The van der Waals surface area contributed by atoms with Gasteiger partial charge in [-0.3, -0.25) is 9.10 Å². The van der Waals surface area contributed by atoms with Crippen LogP contribution < -0.4 is 4.31 Å². The second-order valence-corrected chi connectivity index (χ2v) is 8.31. The number of amides is 1. The Hall–Kier alpha value is -1.77. The van der Waals surface area contributed by atoms with E-state index in [1.807, 2.05) is 6.92 Å². The fourth-order valence-corrected chi connectivity index (χ4v) is 3.72. The number of likely N-dealkylation sites (tertiary alicyclic amines) is 1. The molecule has 1 aliphatic rings. The van der Waals surface area contributed by atoms with E-state index < -0.39 is 34.2 Å². The van der Waals surface area contributed by atoms with E-state index in [2.05, 4.69) is 0 Å². The van der Waals surface area contributed by atoms with Crippen molar-refractivity contribution in [3.8, 4) is 0 Å². The third-order valence-electron chi connectivity index (χ3n) is 4.15. The first-order valence-electron chi connectivity index (χ1n) is 7.91. The van der Waals surface area contributed by atoms with Crippen molar-refractivity contribution in [3.63, 3.8) is 0 Å². The third kappa shape index (κ3) is 5.10. The summed E-state index contributed by atoms with van der Waals surface area (Å²) >= 11 is 0. The maximum absolute atomic E-state index is 12.9. The maximum Gasteiger partial charge on any atom is 0.416 e. The van der Waals surface area contributed by atoms with Gasteiger partial charge in [-0.2, -0.15) is 13.2 Å². The molecule has 0 radical (unpaired) electrons. The average molecular weight is 378 g/mol. The van der Waals surface area contributed by atoms with E-state index in [4.69, 9.17) is 0 Å². The summed E-state index contributed by atoms with van der Waals surface area (Å²) in [7, 11) is -3.91. The third-order valence-corrected chi connectivity index (χ3v) is 5.29. The molecule has 1 aliphatic heterocycles. The summed E-state index contributed by atoms with van der Waals surface area (Å²) in [4.78, 5) is 14.0. The molecule has 0 N–H and O–H groups in total. The summed E-state index contributed by atoms with van der Waals surface area (Å²) in [6.45, 7) is 2.55. The summed E-state index contributed by atoms with van der Waals surface area (Å²) in [6.07, 6.45) is -1.90.